The molecule has 0 saturated carbocycles. The van der Waals surface area contributed by atoms with E-state index in [1.165, 1.54) is 25.5 Å². The average Bonchev–Trinajstić information content (AvgIpc) is 2.67. The Morgan fingerprint density at radius 3 is 2.19 bits per heavy atom. The van der Waals surface area contributed by atoms with Crippen LogP contribution in [0.25, 0.3) is 0 Å². The lowest BCUT2D eigenvalue weighted by atomic mass is 10.0. The molecule has 9 nitrogen and oxygen atoms in total. The smallest absolute Gasteiger partial charge is 0.330 e. The minimum atomic E-state index is -4.06. The van der Waals surface area contributed by atoms with Crippen molar-refractivity contribution in [2.75, 3.05) is 20.8 Å². The van der Waals surface area contributed by atoms with Crippen molar-refractivity contribution >= 4 is 10.0 Å². The molecule has 0 saturated heterocycles. The fourth-order valence-corrected chi connectivity index (χ4v) is 4.72. The molecule has 0 aliphatic carbocycles. The second kappa shape index (κ2) is 6.86. The first kappa shape index (κ1) is 19.2. The van der Waals surface area contributed by atoms with E-state index in [2.05, 4.69) is 0 Å². The van der Waals surface area contributed by atoms with Gasteiger partial charge in [-0.25, -0.2) is 13.2 Å². The number of hydrogen-bond donors (Lipinski definition) is 0. The molecule has 3 rings (SSSR count). The number of fused-ring (bicyclic) bond motifs is 1. The fraction of sp³-hybridized carbons (Fsp3) is 0.412. The third kappa shape index (κ3) is 3.15. The zero-order valence-electron chi connectivity index (χ0n) is 15.6. The van der Waals surface area contributed by atoms with Gasteiger partial charge in [0.25, 0.3) is 5.56 Å². The fourth-order valence-electron chi connectivity index (χ4n) is 3.15. The summed E-state index contributed by atoms with van der Waals surface area (Å²) in [5, 5.41) is 0. The summed E-state index contributed by atoms with van der Waals surface area (Å²) < 4.78 is 39.8. The van der Waals surface area contributed by atoms with Crippen LogP contribution in [-0.4, -0.2) is 42.6 Å². The van der Waals surface area contributed by atoms with Gasteiger partial charge in [-0.2, -0.15) is 4.31 Å². The number of aryl methyl sites for hydroxylation is 1. The van der Waals surface area contributed by atoms with E-state index in [1.54, 1.807) is 13.2 Å². The molecule has 0 amide bonds. The molecule has 2 aromatic rings. The monoisotopic (exact) mass is 395 g/mol. The van der Waals surface area contributed by atoms with Crippen LogP contribution in [0.15, 0.2) is 32.8 Å². The van der Waals surface area contributed by atoms with E-state index in [1.807, 2.05) is 6.07 Å². The maximum atomic E-state index is 13.1. The van der Waals surface area contributed by atoms with Crippen molar-refractivity contribution in [3.63, 3.8) is 0 Å². The van der Waals surface area contributed by atoms with E-state index in [-0.39, 0.29) is 13.1 Å². The van der Waals surface area contributed by atoms with Crippen LogP contribution in [0, 0.1) is 0 Å². The van der Waals surface area contributed by atoms with E-state index >= 15 is 0 Å². The molecule has 2 heterocycles. The molecule has 1 aromatic carbocycles. The number of sulfonamides is 1. The third-order valence-corrected chi connectivity index (χ3v) is 6.54. The predicted molar refractivity (Wildman–Crippen MR) is 97.8 cm³/mol. The van der Waals surface area contributed by atoms with Crippen LogP contribution in [-0.2, 0) is 37.1 Å². The van der Waals surface area contributed by atoms with Crippen LogP contribution >= 0.6 is 0 Å². The van der Waals surface area contributed by atoms with Gasteiger partial charge in [-0.1, -0.05) is 0 Å². The quantitative estimate of drug-likeness (QED) is 0.714. The number of nitrogens with zero attached hydrogens (tertiary/aromatic N) is 3. The number of hydrogen-bond acceptors (Lipinski definition) is 6. The zero-order chi connectivity index (χ0) is 19.9. The average molecular weight is 395 g/mol. The maximum Gasteiger partial charge on any atom is 0.330 e. The summed E-state index contributed by atoms with van der Waals surface area (Å²) in [6.07, 6.45) is 1.55. The van der Waals surface area contributed by atoms with E-state index < -0.39 is 26.2 Å². The maximum absolute atomic E-state index is 13.1. The number of benzene rings is 1. The van der Waals surface area contributed by atoms with Crippen LogP contribution < -0.4 is 20.7 Å². The molecule has 1 aliphatic rings. The Balaban J connectivity index is 2.04. The lowest BCUT2D eigenvalue weighted by Crippen LogP contribution is -2.43. The standard InChI is InChI=1S/C17H21N3O6S/c1-18-10-15(16(21)19(2)17(18)22)27(23,24)20-6-5-11-7-13(25-3)14(26-4)8-12(11)9-20/h7-8,10H,5-6,9H2,1-4H3. The lowest BCUT2D eigenvalue weighted by Gasteiger charge is -2.28. The van der Waals surface area contributed by atoms with Crippen molar-refractivity contribution in [2.24, 2.45) is 14.1 Å². The third-order valence-electron chi connectivity index (χ3n) is 4.72. The van der Waals surface area contributed by atoms with E-state index in [0.29, 0.717) is 17.9 Å². The molecule has 0 spiro atoms. The molecule has 0 fully saturated rings. The van der Waals surface area contributed by atoms with Gasteiger partial charge in [-0.05, 0) is 29.7 Å². The van der Waals surface area contributed by atoms with E-state index in [0.717, 1.165) is 26.5 Å². The van der Waals surface area contributed by atoms with Crippen LogP contribution in [0.4, 0.5) is 0 Å². The highest BCUT2D eigenvalue weighted by Gasteiger charge is 2.32. The summed E-state index contributed by atoms with van der Waals surface area (Å²) in [5.74, 6) is 1.09. The van der Waals surface area contributed by atoms with Crippen molar-refractivity contribution in [3.8, 4) is 11.5 Å². The summed E-state index contributed by atoms with van der Waals surface area (Å²) in [6, 6.07) is 3.58. The molecule has 1 aromatic heterocycles. The predicted octanol–water partition coefficient (Wildman–Crippen LogP) is -0.152. The Morgan fingerprint density at radius 2 is 1.59 bits per heavy atom. The van der Waals surface area contributed by atoms with Crippen LogP contribution in [0.5, 0.6) is 11.5 Å². The van der Waals surface area contributed by atoms with Gasteiger partial charge in [0.1, 0.15) is 0 Å². The van der Waals surface area contributed by atoms with Gasteiger partial charge >= 0.3 is 5.69 Å². The molecule has 0 bridgehead atoms. The Morgan fingerprint density at radius 1 is 1.00 bits per heavy atom. The number of rotatable bonds is 4. The van der Waals surface area contributed by atoms with E-state index in [9.17, 15) is 18.0 Å². The highest BCUT2D eigenvalue weighted by Crippen LogP contribution is 2.34. The molecular formula is C17H21N3O6S. The van der Waals surface area contributed by atoms with Crippen LogP contribution in [0.1, 0.15) is 11.1 Å². The molecule has 10 heteroatoms. The summed E-state index contributed by atoms with van der Waals surface area (Å²) >= 11 is 0. The van der Waals surface area contributed by atoms with Gasteiger partial charge in [0, 0.05) is 33.4 Å². The van der Waals surface area contributed by atoms with Gasteiger partial charge in [-0.15, -0.1) is 0 Å². The molecule has 27 heavy (non-hydrogen) atoms. The normalized spacial score (nSPS) is 14.7. The van der Waals surface area contributed by atoms with Crippen LogP contribution in [0.3, 0.4) is 0 Å². The van der Waals surface area contributed by atoms with Crippen molar-refractivity contribution in [3.05, 3.63) is 50.3 Å². The SMILES string of the molecule is COc1cc2c(cc1OC)CN(S(=O)(=O)c1cn(C)c(=O)n(C)c1=O)CC2. The Bertz CT molecular complexity index is 1120. The minimum Gasteiger partial charge on any atom is -0.493 e. The Hall–Kier alpha value is -2.59. The van der Waals surface area contributed by atoms with Gasteiger partial charge in [0.2, 0.25) is 10.0 Å². The van der Waals surface area contributed by atoms with Gasteiger partial charge in [0.05, 0.1) is 14.2 Å². The number of ether oxygens (including phenoxy) is 2. The topological polar surface area (TPSA) is 99.8 Å². The molecule has 0 N–H and O–H groups in total. The first-order chi connectivity index (χ1) is 12.7. The van der Waals surface area contributed by atoms with Gasteiger partial charge in [0.15, 0.2) is 16.4 Å². The summed E-state index contributed by atoms with van der Waals surface area (Å²) in [5.41, 5.74) is 0.326. The molecule has 146 valence electrons. The van der Waals surface area contributed by atoms with Crippen LogP contribution in [0.2, 0.25) is 0 Å². The summed E-state index contributed by atoms with van der Waals surface area (Å²) in [4.78, 5) is 23.8. The molecular weight excluding hydrogens is 374 g/mol. The summed E-state index contributed by atoms with van der Waals surface area (Å²) in [6.45, 7) is 0.320. The second-order valence-electron chi connectivity index (χ2n) is 6.32. The highest BCUT2D eigenvalue weighted by molar-refractivity contribution is 7.89. The van der Waals surface area contributed by atoms with Gasteiger partial charge < -0.3 is 14.0 Å². The van der Waals surface area contributed by atoms with Crippen molar-refractivity contribution < 1.29 is 17.9 Å². The molecule has 1 aliphatic heterocycles. The Labute approximate surface area is 156 Å². The molecule has 0 radical (unpaired) electrons. The first-order valence-electron chi connectivity index (χ1n) is 8.21. The summed E-state index contributed by atoms with van der Waals surface area (Å²) in [7, 11) is 1.65. The number of methoxy groups -OCH3 is 2. The molecule has 0 unspecified atom stereocenters. The van der Waals surface area contributed by atoms with E-state index in [4.69, 9.17) is 9.47 Å². The Kier molecular flexibility index (Phi) is 4.87. The van der Waals surface area contributed by atoms with Gasteiger partial charge in [-0.3, -0.25) is 9.36 Å². The second-order valence-corrected chi connectivity index (χ2v) is 8.22. The lowest BCUT2D eigenvalue weighted by molar-refractivity contribution is 0.348. The first-order valence-corrected chi connectivity index (χ1v) is 9.65. The van der Waals surface area contributed by atoms with Crippen molar-refractivity contribution in [1.29, 1.82) is 0 Å². The largest absolute Gasteiger partial charge is 0.493 e. The van der Waals surface area contributed by atoms with Crippen molar-refractivity contribution in [2.45, 2.75) is 17.9 Å². The highest BCUT2D eigenvalue weighted by atomic mass is 32.2. The number of aromatic nitrogens is 2. The zero-order valence-corrected chi connectivity index (χ0v) is 16.4. The minimum absolute atomic E-state index is 0.101. The van der Waals surface area contributed by atoms with Crippen molar-refractivity contribution in [1.82, 2.24) is 13.4 Å². The molecule has 0 atom stereocenters.